The molecule has 0 bridgehead atoms. The molecule has 0 saturated heterocycles. The fourth-order valence-corrected chi connectivity index (χ4v) is 9.12. The van der Waals surface area contributed by atoms with Gasteiger partial charge in [0.1, 0.15) is 19.3 Å². The Kier molecular flexibility index (Phi) is 53.5. The van der Waals surface area contributed by atoms with Gasteiger partial charge in [0, 0.05) is 12.8 Å². The standard InChI is InChI=1S/C67H117N2O7P/c1-7-10-13-16-19-22-25-27-29-31-32-33-34-35-36-38-39-41-44-47-50-53-56-59-66(70)68-64(63-75-77(72,73)74-62-61-69(4,5)6)65(58-55-52-49-46-43-24-21-18-15-12-9-3)76-67(71)60-57-54-51-48-45-42-40-37-30-28-26-23-20-17-14-11-8-2/h10,13,19-20,22-23,27-30,32-33,35-36,40,42,55,58,64-65H,7-9,11-12,14-18,21,24-26,31,34,37-39,41,43-54,56-57,59-63H2,1-6H3,(H-,68,70,72,73)/p+1/b13-10-,22-19-,23-20-,29-27-,30-28-,33-32-,36-35-,42-40-,58-55-. The molecule has 10 heteroatoms. The van der Waals surface area contributed by atoms with Crippen molar-refractivity contribution in [2.24, 2.45) is 0 Å². The highest BCUT2D eigenvalue weighted by Crippen LogP contribution is 2.43. The van der Waals surface area contributed by atoms with Gasteiger partial charge in [-0.15, -0.1) is 0 Å². The number of unbranched alkanes of at least 4 members (excludes halogenated alkanes) is 23. The lowest BCUT2D eigenvalue weighted by molar-refractivity contribution is -0.870. The first-order valence-electron chi connectivity index (χ1n) is 31.2. The van der Waals surface area contributed by atoms with Crippen LogP contribution in [0.5, 0.6) is 0 Å². The van der Waals surface area contributed by atoms with Gasteiger partial charge in [0.2, 0.25) is 5.91 Å². The van der Waals surface area contributed by atoms with Crippen molar-refractivity contribution in [1.29, 1.82) is 0 Å². The molecule has 1 amide bonds. The second-order valence-corrected chi connectivity index (χ2v) is 23.3. The second kappa shape index (κ2) is 56.0. The van der Waals surface area contributed by atoms with Gasteiger partial charge in [-0.3, -0.25) is 18.6 Å². The summed E-state index contributed by atoms with van der Waals surface area (Å²) in [6, 6.07) is -0.870. The van der Waals surface area contributed by atoms with Crippen LogP contribution in [-0.4, -0.2) is 74.3 Å². The molecule has 0 aromatic carbocycles. The molecule has 9 nitrogen and oxygen atoms in total. The van der Waals surface area contributed by atoms with Gasteiger partial charge in [0.25, 0.3) is 0 Å². The molecule has 77 heavy (non-hydrogen) atoms. The quantitative estimate of drug-likeness (QED) is 0.0205. The molecule has 0 heterocycles. The molecule has 0 aliphatic carbocycles. The third kappa shape index (κ3) is 57.2. The largest absolute Gasteiger partial charge is 0.472 e. The van der Waals surface area contributed by atoms with Crippen LogP contribution in [0, 0.1) is 0 Å². The van der Waals surface area contributed by atoms with E-state index in [2.05, 4.69) is 123 Å². The molecule has 0 aromatic heterocycles. The molecule has 0 aliphatic heterocycles. The van der Waals surface area contributed by atoms with Gasteiger partial charge in [-0.1, -0.05) is 233 Å². The molecule has 442 valence electrons. The summed E-state index contributed by atoms with van der Waals surface area (Å²) in [5, 5.41) is 3.04. The Balaban J connectivity index is 5.26. The van der Waals surface area contributed by atoms with E-state index in [-0.39, 0.29) is 31.5 Å². The summed E-state index contributed by atoms with van der Waals surface area (Å²) in [7, 11) is 1.46. The number of esters is 1. The van der Waals surface area contributed by atoms with Crippen molar-refractivity contribution in [2.75, 3.05) is 40.9 Å². The number of carbonyl (C=O) groups excluding carboxylic acids is 2. The third-order valence-corrected chi connectivity index (χ3v) is 14.2. The third-order valence-electron chi connectivity index (χ3n) is 13.2. The SMILES string of the molecule is CC/C=C\C/C=C\C/C=C\C/C=C\C/C=C\CCCCCCCCCC(=O)NC(COP(=O)(O)OCC[N+](C)(C)C)C(/C=C\CCCCCCCCCCC)OC(=O)CCCCCC/C=C\C/C=C\C/C=C\CCCCC. The highest BCUT2D eigenvalue weighted by atomic mass is 31.2. The smallest absolute Gasteiger partial charge is 0.456 e. The summed E-state index contributed by atoms with van der Waals surface area (Å²) < 4.78 is 30.7. The summed E-state index contributed by atoms with van der Waals surface area (Å²) in [4.78, 5) is 37.7. The summed E-state index contributed by atoms with van der Waals surface area (Å²) in [5.74, 6) is -0.549. The highest BCUT2D eigenvalue weighted by Gasteiger charge is 2.30. The van der Waals surface area contributed by atoms with E-state index < -0.39 is 20.0 Å². The first kappa shape index (κ1) is 73.7. The van der Waals surface area contributed by atoms with Gasteiger partial charge in [0.15, 0.2) is 0 Å². The average molecular weight is 1090 g/mol. The maximum atomic E-state index is 13.5. The van der Waals surface area contributed by atoms with Gasteiger partial charge in [-0.2, -0.15) is 0 Å². The monoisotopic (exact) mass is 1090 g/mol. The number of amides is 1. The molecule has 0 aromatic rings. The number of nitrogens with zero attached hydrogens (tertiary/aromatic N) is 1. The van der Waals surface area contributed by atoms with Gasteiger partial charge < -0.3 is 19.4 Å². The zero-order valence-electron chi connectivity index (χ0n) is 50.4. The minimum atomic E-state index is -4.46. The first-order valence-corrected chi connectivity index (χ1v) is 32.7. The Bertz CT molecular complexity index is 1690. The maximum absolute atomic E-state index is 13.5. The molecule has 0 radical (unpaired) electrons. The van der Waals surface area contributed by atoms with E-state index in [1.807, 2.05) is 33.3 Å². The number of quaternary nitrogens is 1. The predicted octanol–water partition coefficient (Wildman–Crippen LogP) is 19.3. The van der Waals surface area contributed by atoms with Crippen molar-refractivity contribution in [1.82, 2.24) is 5.32 Å². The highest BCUT2D eigenvalue weighted by molar-refractivity contribution is 7.47. The average Bonchev–Trinajstić information content (AvgIpc) is 3.39. The molecular formula is C67H118N2O7P+. The van der Waals surface area contributed by atoms with E-state index in [0.717, 1.165) is 122 Å². The zero-order valence-corrected chi connectivity index (χ0v) is 51.3. The van der Waals surface area contributed by atoms with Gasteiger partial charge in [-0.05, 0) is 115 Å². The molecule has 0 fully saturated rings. The van der Waals surface area contributed by atoms with Crippen molar-refractivity contribution in [2.45, 2.75) is 264 Å². The normalized spacial score (nSPS) is 14.4. The fourth-order valence-electron chi connectivity index (χ4n) is 8.38. The van der Waals surface area contributed by atoms with Crippen LogP contribution in [0.15, 0.2) is 109 Å². The molecule has 0 spiro atoms. The summed E-state index contributed by atoms with van der Waals surface area (Å²) in [6.45, 7) is 6.83. The van der Waals surface area contributed by atoms with Crippen LogP contribution < -0.4 is 5.32 Å². The number of allylic oxidation sites excluding steroid dienone is 17. The van der Waals surface area contributed by atoms with Crippen molar-refractivity contribution in [3.8, 4) is 0 Å². The van der Waals surface area contributed by atoms with Crippen LogP contribution in [-0.2, 0) is 27.9 Å². The number of rotatable bonds is 55. The van der Waals surface area contributed by atoms with Crippen molar-refractivity contribution in [3.63, 3.8) is 0 Å². The number of hydrogen-bond donors (Lipinski definition) is 2. The lowest BCUT2D eigenvalue weighted by Crippen LogP contribution is -2.47. The van der Waals surface area contributed by atoms with E-state index in [0.29, 0.717) is 23.9 Å². The molecule has 3 unspecified atom stereocenters. The van der Waals surface area contributed by atoms with E-state index >= 15 is 0 Å². The number of phosphoric ester groups is 1. The number of phosphoric acid groups is 1. The van der Waals surface area contributed by atoms with E-state index in [1.54, 1.807) is 0 Å². The Morgan fingerprint density at radius 3 is 1.27 bits per heavy atom. The summed E-state index contributed by atoms with van der Waals surface area (Å²) >= 11 is 0. The van der Waals surface area contributed by atoms with E-state index in [4.69, 9.17) is 13.8 Å². The molecule has 0 aliphatic rings. The molecule has 0 saturated carbocycles. The summed E-state index contributed by atoms with van der Waals surface area (Å²) in [5.41, 5.74) is 0. The summed E-state index contributed by atoms with van der Waals surface area (Å²) in [6.07, 6.45) is 76.5. The number of ether oxygens (including phenoxy) is 1. The number of nitrogens with one attached hydrogen (secondary N) is 1. The van der Waals surface area contributed by atoms with E-state index in [9.17, 15) is 19.0 Å². The Hall–Kier alpha value is -3.33. The Labute approximate surface area is 474 Å². The minimum Gasteiger partial charge on any atom is -0.456 e. The van der Waals surface area contributed by atoms with Gasteiger partial charge in [-0.25, -0.2) is 4.57 Å². The van der Waals surface area contributed by atoms with Crippen LogP contribution in [0.2, 0.25) is 0 Å². The lowest BCUT2D eigenvalue weighted by Gasteiger charge is -2.27. The molecular weight excluding hydrogens is 976 g/mol. The van der Waals surface area contributed by atoms with Crippen LogP contribution in [0.4, 0.5) is 0 Å². The van der Waals surface area contributed by atoms with Crippen molar-refractivity contribution < 1.29 is 37.3 Å². The number of hydrogen-bond acceptors (Lipinski definition) is 6. The minimum absolute atomic E-state index is 0.0284. The van der Waals surface area contributed by atoms with Crippen LogP contribution in [0.1, 0.15) is 252 Å². The topological polar surface area (TPSA) is 111 Å². The molecule has 3 atom stereocenters. The molecule has 0 rings (SSSR count). The van der Waals surface area contributed by atoms with Gasteiger partial charge in [0.05, 0.1) is 33.8 Å². The van der Waals surface area contributed by atoms with Crippen LogP contribution in [0.25, 0.3) is 0 Å². The van der Waals surface area contributed by atoms with E-state index in [1.165, 1.54) is 89.9 Å². The van der Waals surface area contributed by atoms with Crippen molar-refractivity contribution in [3.05, 3.63) is 109 Å². The predicted molar refractivity (Wildman–Crippen MR) is 332 cm³/mol. The molecule has 2 N–H and O–H groups in total. The fraction of sp³-hybridized carbons (Fsp3) is 0.701. The Morgan fingerprint density at radius 1 is 0.468 bits per heavy atom. The van der Waals surface area contributed by atoms with Crippen LogP contribution >= 0.6 is 7.82 Å². The number of carbonyl (C=O) groups is 2. The van der Waals surface area contributed by atoms with Crippen molar-refractivity contribution >= 4 is 19.7 Å². The lowest BCUT2D eigenvalue weighted by atomic mass is 10.1. The first-order chi connectivity index (χ1) is 37.4. The second-order valence-electron chi connectivity index (χ2n) is 21.8. The zero-order chi connectivity index (χ0) is 56.4. The van der Waals surface area contributed by atoms with Crippen LogP contribution in [0.3, 0.4) is 0 Å². The number of likely N-dealkylation sites (N-methyl/N-ethyl adjacent to an activating group) is 1. The maximum Gasteiger partial charge on any atom is 0.472 e. The van der Waals surface area contributed by atoms with Gasteiger partial charge >= 0.3 is 13.8 Å². The Morgan fingerprint density at radius 2 is 0.831 bits per heavy atom.